The standard InChI is InChI=1S/C36H43N5O3/c1-25(22-37-26(2)32-7-4-20-41(32)34(43)36(39-24-42)18-6-19-36)27-8-10-28(11-9-27)29-12-14-30(15-13-29)31-23-38-33(40-31)21-35(44-3)16-5-17-35/h8-15,22-24,32H,4-7,16-21H2,1-3H3,(H,38,40)(H,39,42)/b25-22+,37-26?. The number of hydrogen-bond acceptors (Lipinski definition) is 5. The molecule has 44 heavy (non-hydrogen) atoms. The number of nitrogens with one attached hydrogen (secondary N) is 2. The number of allylic oxidation sites excluding steroid dienone is 1. The highest BCUT2D eigenvalue weighted by molar-refractivity contribution is 5.96. The van der Waals surface area contributed by atoms with E-state index in [4.69, 9.17) is 9.73 Å². The zero-order valence-corrected chi connectivity index (χ0v) is 26.1. The molecule has 3 fully saturated rings. The molecule has 1 atom stereocenters. The first-order chi connectivity index (χ1) is 21.4. The Kier molecular flexibility index (Phi) is 8.54. The van der Waals surface area contributed by atoms with Gasteiger partial charge in [-0.1, -0.05) is 48.5 Å². The lowest BCUT2D eigenvalue weighted by molar-refractivity contribution is -0.143. The Morgan fingerprint density at radius 3 is 2.27 bits per heavy atom. The molecular weight excluding hydrogens is 550 g/mol. The molecule has 2 aromatic carbocycles. The molecule has 2 amide bonds. The molecule has 8 heteroatoms. The van der Waals surface area contributed by atoms with Crippen LogP contribution in [0.2, 0.25) is 0 Å². The van der Waals surface area contributed by atoms with E-state index in [-0.39, 0.29) is 17.6 Å². The van der Waals surface area contributed by atoms with Crippen molar-refractivity contribution < 1.29 is 14.3 Å². The maximum absolute atomic E-state index is 13.3. The summed E-state index contributed by atoms with van der Waals surface area (Å²) in [6.07, 6.45) is 13.0. The van der Waals surface area contributed by atoms with Crippen molar-refractivity contribution in [2.24, 2.45) is 4.99 Å². The molecule has 2 heterocycles. The van der Waals surface area contributed by atoms with Gasteiger partial charge in [-0.2, -0.15) is 0 Å². The van der Waals surface area contributed by atoms with Gasteiger partial charge in [0.1, 0.15) is 11.4 Å². The van der Waals surface area contributed by atoms with Gasteiger partial charge >= 0.3 is 0 Å². The molecule has 2 saturated carbocycles. The minimum absolute atomic E-state index is 0.0269. The van der Waals surface area contributed by atoms with Crippen molar-refractivity contribution in [1.29, 1.82) is 0 Å². The largest absolute Gasteiger partial charge is 0.378 e. The van der Waals surface area contributed by atoms with Gasteiger partial charge in [-0.25, -0.2) is 4.98 Å². The molecule has 3 aliphatic rings. The van der Waals surface area contributed by atoms with E-state index in [0.717, 1.165) is 83.6 Å². The van der Waals surface area contributed by atoms with Crippen molar-refractivity contribution in [3.63, 3.8) is 0 Å². The lowest BCUT2D eigenvalue weighted by atomic mass is 9.75. The second-order valence-corrected chi connectivity index (χ2v) is 12.8. The summed E-state index contributed by atoms with van der Waals surface area (Å²) in [5.74, 6) is 1.02. The predicted molar refractivity (Wildman–Crippen MR) is 174 cm³/mol. The van der Waals surface area contributed by atoms with Crippen LogP contribution in [0.3, 0.4) is 0 Å². The summed E-state index contributed by atoms with van der Waals surface area (Å²) in [6, 6.07) is 17.1. The number of imidazole rings is 1. The first kappa shape index (κ1) is 30.0. The number of benzene rings is 2. The summed E-state index contributed by atoms with van der Waals surface area (Å²) in [5, 5.41) is 2.81. The molecule has 1 aliphatic heterocycles. The predicted octanol–water partition coefficient (Wildman–Crippen LogP) is 6.34. The lowest BCUT2D eigenvalue weighted by Crippen LogP contribution is -2.63. The fourth-order valence-electron chi connectivity index (χ4n) is 6.84. The van der Waals surface area contributed by atoms with Crippen LogP contribution >= 0.6 is 0 Å². The number of hydrogen-bond donors (Lipinski definition) is 2. The third kappa shape index (κ3) is 5.87. The van der Waals surface area contributed by atoms with Crippen molar-refractivity contribution in [2.45, 2.75) is 88.8 Å². The van der Waals surface area contributed by atoms with Crippen LogP contribution in [0, 0.1) is 0 Å². The van der Waals surface area contributed by atoms with Crippen LogP contribution in [0.15, 0.2) is 65.9 Å². The average molecular weight is 594 g/mol. The van der Waals surface area contributed by atoms with Crippen LogP contribution in [-0.4, -0.2) is 63.7 Å². The van der Waals surface area contributed by atoms with Crippen molar-refractivity contribution in [3.8, 4) is 22.4 Å². The average Bonchev–Trinajstić information content (AvgIpc) is 3.70. The molecule has 2 N–H and O–H groups in total. The van der Waals surface area contributed by atoms with Gasteiger partial charge in [-0.05, 0) is 93.0 Å². The number of H-pyrrole nitrogens is 1. The third-order valence-electron chi connectivity index (χ3n) is 10.1. The van der Waals surface area contributed by atoms with Gasteiger partial charge in [0.25, 0.3) is 0 Å². The van der Waals surface area contributed by atoms with Crippen LogP contribution in [-0.2, 0) is 20.7 Å². The highest BCUT2D eigenvalue weighted by Crippen LogP contribution is 2.38. The molecule has 6 rings (SSSR count). The summed E-state index contributed by atoms with van der Waals surface area (Å²) in [7, 11) is 1.80. The zero-order chi connectivity index (χ0) is 30.7. The Morgan fingerprint density at radius 1 is 1.02 bits per heavy atom. The summed E-state index contributed by atoms with van der Waals surface area (Å²) < 4.78 is 5.77. The molecular formula is C36H43N5O3. The summed E-state index contributed by atoms with van der Waals surface area (Å²) in [6.45, 7) is 4.78. The number of aromatic amines is 1. The Labute approximate surface area is 260 Å². The quantitative estimate of drug-likeness (QED) is 0.200. The molecule has 0 radical (unpaired) electrons. The van der Waals surface area contributed by atoms with E-state index >= 15 is 0 Å². The number of rotatable bonds is 11. The van der Waals surface area contributed by atoms with Crippen LogP contribution in [0.25, 0.3) is 28.0 Å². The monoisotopic (exact) mass is 593 g/mol. The molecule has 230 valence electrons. The fourth-order valence-corrected chi connectivity index (χ4v) is 6.84. The van der Waals surface area contributed by atoms with Crippen molar-refractivity contribution in [1.82, 2.24) is 20.2 Å². The van der Waals surface area contributed by atoms with E-state index in [0.29, 0.717) is 25.8 Å². The van der Waals surface area contributed by atoms with Gasteiger partial charge < -0.3 is 19.9 Å². The number of aliphatic imine (C=N–C) groups is 1. The van der Waals surface area contributed by atoms with Gasteiger partial charge in [-0.3, -0.25) is 14.6 Å². The van der Waals surface area contributed by atoms with Gasteiger partial charge in [-0.15, -0.1) is 0 Å². The number of carbonyl (C=O) groups is 2. The molecule has 0 bridgehead atoms. The van der Waals surface area contributed by atoms with E-state index in [1.807, 2.05) is 24.2 Å². The van der Waals surface area contributed by atoms with Crippen molar-refractivity contribution in [2.75, 3.05) is 13.7 Å². The minimum atomic E-state index is -0.718. The van der Waals surface area contributed by atoms with Gasteiger partial charge in [0, 0.05) is 32.0 Å². The number of amides is 2. The molecule has 1 unspecified atom stereocenters. The SMILES string of the molecule is COC1(Cc2ncc(-c3ccc(-c4ccc(/C(C)=C/N=C(C)C5CCCN5C(=O)C5(NC=O)CCC5)cc4)cc3)[nH]2)CCC1. The van der Waals surface area contributed by atoms with Gasteiger partial charge in [0.05, 0.1) is 23.5 Å². The smallest absolute Gasteiger partial charge is 0.248 e. The van der Waals surface area contributed by atoms with E-state index in [1.165, 1.54) is 6.42 Å². The highest BCUT2D eigenvalue weighted by Gasteiger charge is 2.48. The number of nitrogens with zero attached hydrogens (tertiary/aromatic N) is 3. The van der Waals surface area contributed by atoms with E-state index in [9.17, 15) is 9.59 Å². The van der Waals surface area contributed by atoms with E-state index < -0.39 is 5.54 Å². The Balaban J connectivity index is 1.09. The fraction of sp³-hybridized carbons (Fsp3) is 0.444. The Bertz CT molecular complexity index is 1540. The van der Waals surface area contributed by atoms with E-state index in [1.54, 1.807) is 7.11 Å². The van der Waals surface area contributed by atoms with Crippen LogP contribution in [0.5, 0.6) is 0 Å². The van der Waals surface area contributed by atoms with Crippen LogP contribution in [0.4, 0.5) is 0 Å². The first-order valence-corrected chi connectivity index (χ1v) is 15.9. The number of ether oxygens (including phenoxy) is 1. The molecule has 0 spiro atoms. The Morgan fingerprint density at radius 2 is 1.68 bits per heavy atom. The summed E-state index contributed by atoms with van der Waals surface area (Å²) >= 11 is 0. The molecule has 8 nitrogen and oxygen atoms in total. The number of carbonyl (C=O) groups excluding carboxylic acids is 2. The number of aromatic nitrogens is 2. The summed E-state index contributed by atoms with van der Waals surface area (Å²) in [5.41, 5.74) is 6.78. The minimum Gasteiger partial charge on any atom is -0.378 e. The lowest BCUT2D eigenvalue weighted by Gasteiger charge is -2.43. The van der Waals surface area contributed by atoms with Crippen molar-refractivity contribution in [3.05, 3.63) is 72.3 Å². The topological polar surface area (TPSA) is 99.7 Å². The van der Waals surface area contributed by atoms with Gasteiger partial charge in [0.15, 0.2) is 0 Å². The Hall–Kier alpha value is -4.04. The number of methoxy groups -OCH3 is 1. The molecule has 1 aromatic heterocycles. The van der Waals surface area contributed by atoms with Crippen LogP contribution in [0.1, 0.15) is 76.6 Å². The van der Waals surface area contributed by atoms with Crippen LogP contribution < -0.4 is 5.32 Å². The maximum Gasteiger partial charge on any atom is 0.248 e. The maximum atomic E-state index is 13.3. The second kappa shape index (κ2) is 12.5. The zero-order valence-electron chi connectivity index (χ0n) is 26.1. The molecule has 1 saturated heterocycles. The van der Waals surface area contributed by atoms with Crippen molar-refractivity contribution >= 4 is 23.6 Å². The third-order valence-corrected chi connectivity index (χ3v) is 10.1. The molecule has 2 aliphatic carbocycles. The first-order valence-electron chi connectivity index (χ1n) is 15.9. The van der Waals surface area contributed by atoms with Gasteiger partial charge in [0.2, 0.25) is 12.3 Å². The second-order valence-electron chi connectivity index (χ2n) is 12.8. The van der Waals surface area contributed by atoms with E-state index in [2.05, 4.69) is 70.7 Å². The molecule has 3 aromatic rings. The normalized spacial score (nSPS) is 21.0. The number of likely N-dealkylation sites (tertiary alicyclic amines) is 1. The highest BCUT2D eigenvalue weighted by atomic mass is 16.5. The summed E-state index contributed by atoms with van der Waals surface area (Å²) in [4.78, 5) is 39.3.